The maximum absolute atomic E-state index is 12.4. The van der Waals surface area contributed by atoms with Crippen LogP contribution < -0.4 is 16.6 Å². The Balaban J connectivity index is 2.92. The summed E-state index contributed by atoms with van der Waals surface area (Å²) in [6, 6.07) is 2.52. The molecule has 0 aromatic carbocycles. The number of hydrazine groups is 1. The molecule has 0 radical (unpaired) electrons. The minimum Gasteiger partial charge on any atom is -0.389 e. The molecule has 21 heavy (non-hydrogen) atoms. The van der Waals surface area contributed by atoms with Gasteiger partial charge in [-0.3, -0.25) is 5.43 Å². The van der Waals surface area contributed by atoms with E-state index in [0.29, 0.717) is 6.20 Å². The van der Waals surface area contributed by atoms with Crippen molar-refractivity contribution in [1.82, 2.24) is 10.4 Å². The van der Waals surface area contributed by atoms with Gasteiger partial charge in [0.05, 0.1) is 10.6 Å². The fourth-order valence-electron chi connectivity index (χ4n) is 1.22. The average Bonchev–Trinajstić information content (AvgIpc) is 2.36. The van der Waals surface area contributed by atoms with Crippen molar-refractivity contribution in [2.45, 2.75) is 13.1 Å². The minimum absolute atomic E-state index is 0.0283. The molecular formula is C11H9ClF3N5S. The molecule has 1 heterocycles. The number of nitrogens with one attached hydrogen (secondary N) is 2. The molecule has 1 aromatic heterocycles. The maximum atomic E-state index is 12.4. The number of anilines is 1. The number of nitrogens with two attached hydrogens (primary N) is 1. The molecule has 0 spiro atoms. The molecule has 0 amide bonds. The van der Waals surface area contributed by atoms with E-state index in [0.717, 1.165) is 6.07 Å². The summed E-state index contributed by atoms with van der Waals surface area (Å²) in [7, 11) is 0. The van der Waals surface area contributed by atoms with Crippen molar-refractivity contribution in [3.8, 4) is 6.07 Å². The number of alkyl halides is 3. The van der Waals surface area contributed by atoms with Crippen LogP contribution in [0.15, 0.2) is 23.5 Å². The van der Waals surface area contributed by atoms with Crippen molar-refractivity contribution in [3.05, 3.63) is 34.1 Å². The standard InChI is InChI=1S/C11H9ClF3N5S/c1-5(7(3-16)9(17)21)19-20-10-8(12)2-6(4-18-10)11(13,14)15/h2,4,19H,1H3,(H2,17,21)(H,18,20)/b7-5+. The van der Waals surface area contributed by atoms with Gasteiger partial charge in [-0.1, -0.05) is 23.8 Å². The third-order valence-corrected chi connectivity index (χ3v) is 2.76. The van der Waals surface area contributed by atoms with Crippen LogP contribution in [0.5, 0.6) is 0 Å². The van der Waals surface area contributed by atoms with Gasteiger partial charge in [-0.15, -0.1) is 0 Å². The number of allylic oxidation sites excluding steroid dienone is 1. The third-order valence-electron chi connectivity index (χ3n) is 2.27. The predicted molar refractivity (Wildman–Crippen MR) is 76.1 cm³/mol. The second kappa shape index (κ2) is 6.60. The Hall–Kier alpha value is -2.05. The van der Waals surface area contributed by atoms with Crippen LogP contribution in [0.4, 0.5) is 19.0 Å². The summed E-state index contributed by atoms with van der Waals surface area (Å²) < 4.78 is 37.3. The number of hydrogen-bond acceptors (Lipinski definition) is 5. The van der Waals surface area contributed by atoms with E-state index in [1.165, 1.54) is 6.92 Å². The Bertz CT molecular complexity index is 636. The fraction of sp³-hybridized carbons (Fsp3) is 0.182. The van der Waals surface area contributed by atoms with Gasteiger partial charge in [-0.2, -0.15) is 18.4 Å². The smallest absolute Gasteiger partial charge is 0.389 e. The molecule has 112 valence electrons. The Morgan fingerprint density at radius 3 is 2.57 bits per heavy atom. The van der Waals surface area contributed by atoms with E-state index in [-0.39, 0.29) is 27.1 Å². The lowest BCUT2D eigenvalue weighted by atomic mass is 10.2. The summed E-state index contributed by atoms with van der Waals surface area (Å²) in [6.45, 7) is 1.50. The van der Waals surface area contributed by atoms with Gasteiger partial charge in [0.15, 0.2) is 5.82 Å². The summed E-state index contributed by atoms with van der Waals surface area (Å²) in [5.74, 6) is -0.0377. The largest absolute Gasteiger partial charge is 0.417 e. The molecule has 0 fully saturated rings. The lowest BCUT2D eigenvalue weighted by Gasteiger charge is -2.13. The van der Waals surface area contributed by atoms with Crippen molar-refractivity contribution in [2.24, 2.45) is 5.73 Å². The normalized spacial score (nSPS) is 12.2. The number of thiocarbonyl (C=S) groups is 1. The molecule has 0 aliphatic carbocycles. The Morgan fingerprint density at radius 2 is 2.14 bits per heavy atom. The summed E-state index contributed by atoms with van der Waals surface area (Å²) in [6.07, 6.45) is -3.90. The van der Waals surface area contributed by atoms with Crippen molar-refractivity contribution < 1.29 is 13.2 Å². The van der Waals surface area contributed by atoms with Crippen LogP contribution in [0.2, 0.25) is 5.02 Å². The SMILES string of the molecule is C/C(NNc1ncc(C(F)(F)F)cc1Cl)=C(/C#N)C(N)=S. The van der Waals surface area contributed by atoms with Crippen LogP contribution in [-0.2, 0) is 6.18 Å². The molecule has 1 aromatic rings. The number of halogens is 4. The minimum atomic E-state index is -4.53. The van der Waals surface area contributed by atoms with E-state index in [1.54, 1.807) is 6.07 Å². The highest BCUT2D eigenvalue weighted by Gasteiger charge is 2.31. The summed E-state index contributed by atoms with van der Waals surface area (Å²) in [4.78, 5) is 3.44. The van der Waals surface area contributed by atoms with E-state index in [9.17, 15) is 13.2 Å². The molecule has 0 bridgehead atoms. The molecule has 0 saturated carbocycles. The van der Waals surface area contributed by atoms with Crippen LogP contribution in [0.3, 0.4) is 0 Å². The van der Waals surface area contributed by atoms with Gasteiger partial charge in [0.25, 0.3) is 0 Å². The lowest BCUT2D eigenvalue weighted by molar-refractivity contribution is -0.137. The quantitative estimate of drug-likeness (QED) is 0.339. The first-order valence-electron chi connectivity index (χ1n) is 5.32. The zero-order valence-corrected chi connectivity index (χ0v) is 12.1. The number of pyridine rings is 1. The van der Waals surface area contributed by atoms with Crippen molar-refractivity contribution in [2.75, 3.05) is 5.43 Å². The molecular weight excluding hydrogens is 327 g/mol. The Kier molecular flexibility index (Phi) is 5.34. The Morgan fingerprint density at radius 1 is 1.52 bits per heavy atom. The molecule has 10 heteroatoms. The van der Waals surface area contributed by atoms with Crippen LogP contribution >= 0.6 is 23.8 Å². The zero-order chi connectivity index (χ0) is 16.2. The van der Waals surface area contributed by atoms with Gasteiger partial charge in [0.2, 0.25) is 0 Å². The van der Waals surface area contributed by atoms with Crippen molar-refractivity contribution in [1.29, 1.82) is 5.26 Å². The number of hydrogen-bond donors (Lipinski definition) is 3. The molecule has 1 rings (SSSR count). The highest BCUT2D eigenvalue weighted by atomic mass is 35.5. The first kappa shape index (κ1) is 17.0. The Labute approximate surface area is 128 Å². The second-order valence-electron chi connectivity index (χ2n) is 3.78. The predicted octanol–water partition coefficient (Wildman–Crippen LogP) is 2.75. The van der Waals surface area contributed by atoms with Gasteiger partial charge < -0.3 is 11.2 Å². The third kappa shape index (κ3) is 4.47. The van der Waals surface area contributed by atoms with Gasteiger partial charge in [-0.05, 0) is 13.0 Å². The zero-order valence-electron chi connectivity index (χ0n) is 10.5. The van der Waals surface area contributed by atoms with Gasteiger partial charge in [0.1, 0.15) is 16.6 Å². The topological polar surface area (TPSA) is 86.8 Å². The number of nitriles is 1. The van der Waals surface area contributed by atoms with E-state index in [2.05, 4.69) is 28.1 Å². The molecule has 4 N–H and O–H groups in total. The molecule has 0 saturated heterocycles. The van der Waals surface area contributed by atoms with Crippen molar-refractivity contribution >= 4 is 34.6 Å². The molecule has 5 nitrogen and oxygen atoms in total. The van der Waals surface area contributed by atoms with Gasteiger partial charge >= 0.3 is 6.18 Å². The van der Waals surface area contributed by atoms with Crippen molar-refractivity contribution in [3.63, 3.8) is 0 Å². The molecule has 0 aliphatic rings. The molecule has 0 unspecified atom stereocenters. The van der Waals surface area contributed by atoms with E-state index >= 15 is 0 Å². The number of nitrogens with zero attached hydrogens (tertiary/aromatic N) is 2. The highest BCUT2D eigenvalue weighted by Crippen LogP contribution is 2.32. The van der Waals surface area contributed by atoms with Crippen LogP contribution in [0.25, 0.3) is 0 Å². The van der Waals surface area contributed by atoms with E-state index < -0.39 is 11.7 Å². The number of aromatic nitrogens is 1. The first-order chi connectivity index (χ1) is 9.66. The summed E-state index contributed by atoms with van der Waals surface area (Å²) in [5, 5.41) is 8.60. The summed E-state index contributed by atoms with van der Waals surface area (Å²) in [5.41, 5.74) is 9.69. The van der Waals surface area contributed by atoms with E-state index in [1.807, 2.05) is 0 Å². The molecule has 0 aliphatic heterocycles. The summed E-state index contributed by atoms with van der Waals surface area (Å²) >= 11 is 10.4. The average molecular weight is 336 g/mol. The molecule has 0 atom stereocenters. The first-order valence-corrected chi connectivity index (χ1v) is 6.11. The maximum Gasteiger partial charge on any atom is 0.417 e. The lowest BCUT2D eigenvalue weighted by Crippen LogP contribution is -2.25. The second-order valence-corrected chi connectivity index (χ2v) is 4.63. The highest BCUT2D eigenvalue weighted by molar-refractivity contribution is 7.80. The number of rotatable bonds is 4. The van der Waals surface area contributed by atoms with Crippen LogP contribution in [-0.4, -0.2) is 9.97 Å². The fourth-order valence-corrected chi connectivity index (χ4v) is 1.64. The van der Waals surface area contributed by atoms with Crippen LogP contribution in [0, 0.1) is 11.3 Å². The van der Waals surface area contributed by atoms with Crippen LogP contribution in [0.1, 0.15) is 12.5 Å². The van der Waals surface area contributed by atoms with E-state index in [4.69, 9.17) is 22.6 Å². The monoisotopic (exact) mass is 335 g/mol. The van der Waals surface area contributed by atoms with Gasteiger partial charge in [0, 0.05) is 11.9 Å². The van der Waals surface area contributed by atoms with Gasteiger partial charge in [-0.25, -0.2) is 4.98 Å².